The standard InChI is InChI=1S/C15H18N6O2/c1-21(2)6-5-16-8-9-3-4-10-11(7-9)17-15(23)13-12(14(10)22)18-20-19-13/h3-4,7,16H,5-6,8H2,1-2H3,(H,17,23)(H,18,19,20). The van der Waals surface area contributed by atoms with Gasteiger partial charge in [0.25, 0.3) is 5.56 Å². The second-order valence-corrected chi connectivity index (χ2v) is 5.66. The lowest BCUT2D eigenvalue weighted by Crippen LogP contribution is -2.26. The first kappa shape index (κ1) is 15.3. The first-order valence-electron chi connectivity index (χ1n) is 7.31. The normalized spacial score (nSPS) is 11.6. The molecule has 120 valence electrons. The molecular formula is C15H18N6O2. The summed E-state index contributed by atoms with van der Waals surface area (Å²) in [6.45, 7) is 2.45. The van der Waals surface area contributed by atoms with Gasteiger partial charge in [-0.05, 0) is 31.8 Å². The van der Waals surface area contributed by atoms with E-state index in [1.807, 2.05) is 26.2 Å². The highest BCUT2D eigenvalue weighted by atomic mass is 16.1. The van der Waals surface area contributed by atoms with Crippen molar-refractivity contribution in [3.63, 3.8) is 0 Å². The number of likely N-dealkylation sites (N-methyl/N-ethyl adjacent to an activating group) is 1. The molecule has 3 aromatic rings. The van der Waals surface area contributed by atoms with E-state index in [9.17, 15) is 9.59 Å². The molecule has 0 fully saturated rings. The van der Waals surface area contributed by atoms with Gasteiger partial charge in [-0.2, -0.15) is 15.4 Å². The van der Waals surface area contributed by atoms with Gasteiger partial charge in [0, 0.05) is 25.0 Å². The third-order valence-electron chi connectivity index (χ3n) is 3.62. The van der Waals surface area contributed by atoms with Gasteiger partial charge in [-0.3, -0.25) is 9.59 Å². The molecule has 0 saturated heterocycles. The fourth-order valence-electron chi connectivity index (χ4n) is 2.39. The lowest BCUT2D eigenvalue weighted by atomic mass is 10.1. The number of benzene rings is 1. The van der Waals surface area contributed by atoms with Gasteiger partial charge in [-0.25, -0.2) is 0 Å². The van der Waals surface area contributed by atoms with Crippen LogP contribution in [0.3, 0.4) is 0 Å². The van der Waals surface area contributed by atoms with Crippen LogP contribution in [-0.4, -0.2) is 52.5 Å². The molecule has 23 heavy (non-hydrogen) atoms. The summed E-state index contributed by atoms with van der Waals surface area (Å²) in [6, 6.07) is 5.39. The number of H-pyrrole nitrogens is 2. The molecule has 0 atom stereocenters. The molecule has 2 heterocycles. The van der Waals surface area contributed by atoms with Crippen molar-refractivity contribution >= 4 is 21.9 Å². The van der Waals surface area contributed by atoms with Gasteiger partial charge in [0.1, 0.15) is 0 Å². The zero-order valence-corrected chi connectivity index (χ0v) is 13.0. The molecule has 3 rings (SSSR count). The van der Waals surface area contributed by atoms with Gasteiger partial charge in [0.05, 0.1) is 5.52 Å². The predicted octanol–water partition coefficient (Wildman–Crippen LogP) is -0.189. The third-order valence-corrected chi connectivity index (χ3v) is 3.62. The summed E-state index contributed by atoms with van der Waals surface area (Å²) >= 11 is 0. The smallest absolute Gasteiger partial charge is 0.278 e. The van der Waals surface area contributed by atoms with Crippen LogP contribution < -0.4 is 16.3 Å². The lowest BCUT2D eigenvalue weighted by Gasteiger charge is -2.10. The van der Waals surface area contributed by atoms with Crippen molar-refractivity contribution in [2.24, 2.45) is 0 Å². The molecule has 2 aromatic heterocycles. The summed E-state index contributed by atoms with van der Waals surface area (Å²) in [5.74, 6) is 0. The number of hydrogen-bond donors (Lipinski definition) is 3. The molecule has 8 heteroatoms. The Morgan fingerprint density at radius 2 is 1.96 bits per heavy atom. The van der Waals surface area contributed by atoms with Crippen molar-refractivity contribution in [2.45, 2.75) is 6.54 Å². The largest absolute Gasteiger partial charge is 0.320 e. The van der Waals surface area contributed by atoms with Crippen LogP contribution in [0.25, 0.3) is 21.9 Å². The fourth-order valence-corrected chi connectivity index (χ4v) is 2.39. The Balaban J connectivity index is 1.99. The summed E-state index contributed by atoms with van der Waals surface area (Å²) in [7, 11) is 4.03. The zero-order chi connectivity index (χ0) is 16.4. The Morgan fingerprint density at radius 1 is 1.17 bits per heavy atom. The minimum atomic E-state index is -0.432. The van der Waals surface area contributed by atoms with E-state index >= 15 is 0 Å². The van der Waals surface area contributed by atoms with Crippen molar-refractivity contribution in [1.29, 1.82) is 0 Å². The molecule has 0 aliphatic carbocycles. The number of aromatic amines is 2. The molecule has 1 aromatic carbocycles. The number of fused-ring (bicyclic) bond motifs is 2. The Morgan fingerprint density at radius 3 is 2.74 bits per heavy atom. The number of nitrogens with zero attached hydrogens (tertiary/aromatic N) is 3. The molecule has 0 amide bonds. The maximum absolute atomic E-state index is 12.4. The molecule has 3 N–H and O–H groups in total. The average Bonchev–Trinajstić information content (AvgIpc) is 2.97. The minimum Gasteiger partial charge on any atom is -0.320 e. The van der Waals surface area contributed by atoms with E-state index < -0.39 is 5.56 Å². The summed E-state index contributed by atoms with van der Waals surface area (Å²) in [6.07, 6.45) is 0. The summed E-state index contributed by atoms with van der Waals surface area (Å²) in [5, 5.41) is 13.6. The van der Waals surface area contributed by atoms with Crippen LogP contribution in [-0.2, 0) is 6.54 Å². The van der Waals surface area contributed by atoms with Crippen LogP contribution in [0.1, 0.15) is 5.56 Å². The molecule has 0 aliphatic heterocycles. The van der Waals surface area contributed by atoms with E-state index in [1.165, 1.54) is 0 Å². The van der Waals surface area contributed by atoms with E-state index in [-0.39, 0.29) is 16.5 Å². The van der Waals surface area contributed by atoms with Crippen LogP contribution in [0.4, 0.5) is 0 Å². The molecule has 0 bridgehead atoms. The van der Waals surface area contributed by atoms with Crippen LogP contribution >= 0.6 is 0 Å². The van der Waals surface area contributed by atoms with Gasteiger partial charge in [0.15, 0.2) is 11.0 Å². The molecule has 0 radical (unpaired) electrons. The first-order chi connectivity index (χ1) is 11.1. The quantitative estimate of drug-likeness (QED) is 0.564. The van der Waals surface area contributed by atoms with Crippen molar-refractivity contribution < 1.29 is 0 Å². The number of aromatic nitrogens is 4. The van der Waals surface area contributed by atoms with Gasteiger partial charge in [-0.15, -0.1) is 0 Å². The number of hydrogen-bond acceptors (Lipinski definition) is 6. The van der Waals surface area contributed by atoms with E-state index in [4.69, 9.17) is 0 Å². The van der Waals surface area contributed by atoms with Crippen LogP contribution in [0.5, 0.6) is 0 Å². The topological polar surface area (TPSA) is 107 Å². The average molecular weight is 314 g/mol. The van der Waals surface area contributed by atoms with Crippen molar-refractivity contribution in [2.75, 3.05) is 27.2 Å². The second-order valence-electron chi connectivity index (χ2n) is 5.66. The fraction of sp³-hybridized carbons (Fsp3) is 0.333. The highest BCUT2D eigenvalue weighted by Crippen LogP contribution is 2.10. The maximum Gasteiger partial charge on any atom is 0.278 e. The highest BCUT2D eigenvalue weighted by Gasteiger charge is 2.10. The van der Waals surface area contributed by atoms with Crippen LogP contribution in [0.2, 0.25) is 0 Å². The third kappa shape index (κ3) is 3.13. The van der Waals surface area contributed by atoms with Crippen LogP contribution in [0, 0.1) is 0 Å². The zero-order valence-electron chi connectivity index (χ0n) is 13.0. The first-order valence-corrected chi connectivity index (χ1v) is 7.31. The number of rotatable bonds is 5. The maximum atomic E-state index is 12.4. The predicted molar refractivity (Wildman–Crippen MR) is 88.5 cm³/mol. The summed E-state index contributed by atoms with van der Waals surface area (Å²) in [4.78, 5) is 29.4. The van der Waals surface area contributed by atoms with E-state index in [2.05, 4.69) is 30.6 Å². The molecule has 0 aliphatic rings. The Hall–Kier alpha value is -2.58. The molecule has 0 spiro atoms. The van der Waals surface area contributed by atoms with Crippen molar-refractivity contribution in [3.05, 3.63) is 44.3 Å². The number of nitrogens with one attached hydrogen (secondary N) is 3. The van der Waals surface area contributed by atoms with Gasteiger partial charge >= 0.3 is 0 Å². The minimum absolute atomic E-state index is 0.0249. The Labute approximate surface area is 131 Å². The Bertz CT molecular complexity index is 959. The van der Waals surface area contributed by atoms with Gasteiger partial charge in [0.2, 0.25) is 5.43 Å². The van der Waals surface area contributed by atoms with E-state index in [0.29, 0.717) is 17.4 Å². The molecule has 0 unspecified atom stereocenters. The van der Waals surface area contributed by atoms with E-state index in [0.717, 1.165) is 18.7 Å². The second kappa shape index (κ2) is 6.27. The molecular weight excluding hydrogens is 296 g/mol. The Kier molecular flexibility index (Phi) is 4.18. The van der Waals surface area contributed by atoms with Crippen molar-refractivity contribution in [3.8, 4) is 0 Å². The van der Waals surface area contributed by atoms with Crippen LogP contribution in [0.15, 0.2) is 27.8 Å². The van der Waals surface area contributed by atoms with E-state index in [1.54, 1.807) is 6.07 Å². The van der Waals surface area contributed by atoms with Gasteiger partial charge in [-0.1, -0.05) is 6.07 Å². The summed E-state index contributed by atoms with van der Waals surface area (Å²) in [5.41, 5.74) is 0.819. The lowest BCUT2D eigenvalue weighted by molar-refractivity contribution is 0.400. The summed E-state index contributed by atoms with van der Waals surface area (Å²) < 4.78 is 0. The SMILES string of the molecule is CN(C)CCNCc1ccc2c(=O)c3n[nH]nc3c(=O)[nH]c2c1. The monoisotopic (exact) mass is 314 g/mol. The molecule has 8 nitrogen and oxygen atoms in total. The highest BCUT2D eigenvalue weighted by molar-refractivity contribution is 5.86. The van der Waals surface area contributed by atoms with Gasteiger partial charge < -0.3 is 15.2 Å². The van der Waals surface area contributed by atoms with Crippen molar-refractivity contribution in [1.82, 2.24) is 30.6 Å². The molecule has 0 saturated carbocycles.